The van der Waals surface area contributed by atoms with Gasteiger partial charge in [-0.2, -0.15) is 32.4 Å². The number of fused-ring (bicyclic) bond motifs is 25. The number of aromatic nitrogens is 12. The fourth-order valence-electron chi connectivity index (χ4n) is 22.8. The number of phenols is 2. The van der Waals surface area contributed by atoms with Crippen LogP contribution in [0.3, 0.4) is 0 Å². The maximum Gasteiger partial charge on any atom is 2.00 e. The summed E-state index contributed by atoms with van der Waals surface area (Å²) in [6.07, 6.45) is 0. The van der Waals surface area contributed by atoms with Crippen LogP contribution in [0.5, 0.6) is 11.5 Å². The third-order valence-corrected chi connectivity index (χ3v) is 31.3. The Balaban J connectivity index is 0.000000120. The van der Waals surface area contributed by atoms with Crippen LogP contribution in [0.4, 0.5) is 57.7 Å². The largest absolute Gasteiger partial charge is 2.00 e. The molecular formula is C113H110N20O2Pt4+2. The Morgan fingerprint density at radius 2 is 0.612 bits per heavy atom. The van der Waals surface area contributed by atoms with Gasteiger partial charge in [-0.05, 0) is 75.2 Å². The molecule has 17 aromatic rings. The van der Waals surface area contributed by atoms with Crippen molar-refractivity contribution in [3.63, 3.8) is 0 Å². The van der Waals surface area contributed by atoms with Gasteiger partial charge in [-0.25, -0.2) is 18.1 Å². The van der Waals surface area contributed by atoms with Crippen molar-refractivity contribution in [3.05, 3.63) is 308 Å². The maximum atomic E-state index is 12.2. The Labute approximate surface area is 867 Å². The predicted octanol–water partition coefficient (Wildman–Crippen LogP) is 22.7. The monoisotopic (exact) mass is 2560 g/mol. The Bertz CT molecular complexity index is 7770. The van der Waals surface area contributed by atoms with Gasteiger partial charge in [0.2, 0.25) is 0 Å². The van der Waals surface area contributed by atoms with E-state index in [-0.39, 0.29) is 148 Å². The van der Waals surface area contributed by atoms with Crippen molar-refractivity contribution in [2.45, 2.75) is 173 Å². The van der Waals surface area contributed by atoms with E-state index in [1.807, 2.05) is 127 Å². The van der Waals surface area contributed by atoms with E-state index in [9.17, 15) is 10.2 Å². The summed E-state index contributed by atoms with van der Waals surface area (Å²) in [5.74, 6) is 5.58. The number of quaternary nitrogens is 2. The van der Waals surface area contributed by atoms with Gasteiger partial charge in [0.15, 0.2) is 22.9 Å². The number of amidine groups is 2. The van der Waals surface area contributed by atoms with Crippen LogP contribution < -0.4 is 48.7 Å². The van der Waals surface area contributed by atoms with E-state index in [1.54, 1.807) is 0 Å². The van der Waals surface area contributed by atoms with Crippen LogP contribution >= 0.6 is 0 Å². The standard InChI is InChI=1S/C39H36N6O2.C27H30N6.C25H24N4.C22H18N4.4Pt/c1-39(2)27-19-13-21-31(35(27)46)44(3,4)37-40-33-29(42(37)25-15-9-7-10-16-25)23-24-30-34(33)41-38(43(30)26-17-11-8-12-18-26)45(5,6)32-22-14-20-28(39)36(32)47;1-25(2)15-9-10-16-22-21(15)30-23(25)32(7)19-13-11-17(28-19)27(5,6)18-12-14-20(29-18)33(8)24(31-22)26(16,3)4;1-23(2)13-7-8-14-20-19(13)28-21(23)15-9-11-17(26-15)25(5,6)18-12-10-16(27-18)22(29-20)24(14,3)4;1-21(2)11-5-6-12-18-17(11)25-19(21)15-9-7-13(23-15)14-8-10-16(24-14)20(26-18)22(12,3)4;;;;/h7-24H,1-6H3;9-14H,1-8H3;7-12H,1-6H3;5-10H,1-4H3;;;;/q;3*-2;;3*+2/p+2. The quantitative estimate of drug-likeness (QED) is 0.153. The van der Waals surface area contributed by atoms with E-state index in [4.69, 9.17) is 69.8 Å². The number of anilines is 2. The third kappa shape index (κ3) is 13.6. The zero-order valence-electron chi connectivity index (χ0n) is 82.4. The van der Waals surface area contributed by atoms with Crippen LogP contribution in [0.2, 0.25) is 0 Å². The molecule has 139 heavy (non-hydrogen) atoms. The molecule has 0 aliphatic carbocycles. The second-order valence-electron chi connectivity index (χ2n) is 43.5. The predicted molar refractivity (Wildman–Crippen MR) is 545 cm³/mol. The van der Waals surface area contributed by atoms with Crippen molar-refractivity contribution in [3.8, 4) is 22.9 Å². The molecule has 0 amide bonds. The van der Waals surface area contributed by atoms with Crippen molar-refractivity contribution in [2.24, 2.45) is 20.0 Å². The molecule has 26 rings (SSSR count). The second kappa shape index (κ2) is 32.1. The summed E-state index contributed by atoms with van der Waals surface area (Å²) < 4.78 is 4.65. The minimum atomic E-state index is -0.758. The van der Waals surface area contributed by atoms with Gasteiger partial charge in [-0.1, -0.05) is 332 Å². The van der Waals surface area contributed by atoms with Gasteiger partial charge in [0, 0.05) is 122 Å². The molecule has 0 atom stereocenters. The fraction of sp³-hybridized carbons (Fsp3) is 0.292. The number of likely N-dealkylation sites (N-methyl/N-ethyl adjacent to an activating group) is 2. The van der Waals surface area contributed by atoms with Crippen LogP contribution in [-0.4, -0.2) is 105 Å². The smallest absolute Gasteiger partial charge is 0.659 e. The van der Waals surface area contributed by atoms with Crippen molar-refractivity contribution in [1.82, 2.24) is 67.9 Å². The average molecular weight is 2560 g/mol. The number of para-hydroxylation sites is 4. The number of rotatable bonds is 2. The van der Waals surface area contributed by atoms with E-state index in [2.05, 4.69) is 277 Å². The Hall–Kier alpha value is -11.7. The summed E-state index contributed by atoms with van der Waals surface area (Å²) in [7, 11) is 12.3. The van der Waals surface area contributed by atoms with Gasteiger partial charge in [-0.15, -0.1) is 22.4 Å². The summed E-state index contributed by atoms with van der Waals surface area (Å²) >= 11 is 0. The molecule has 0 radical (unpaired) electrons. The number of imidazole rings is 2. The first kappa shape index (κ1) is 96.2. The summed E-state index contributed by atoms with van der Waals surface area (Å²) in [5, 5.41) is 24.3. The van der Waals surface area contributed by atoms with Crippen molar-refractivity contribution in [1.29, 1.82) is 0 Å². The molecule has 26 heteroatoms. The molecule has 0 fully saturated rings. The molecule has 0 spiro atoms. The molecule has 32 bridgehead atoms. The van der Waals surface area contributed by atoms with E-state index in [0.717, 1.165) is 181 Å². The molecule has 9 aromatic heterocycles. The molecule has 0 unspecified atom stereocenters. The average Bonchev–Trinajstić information content (AvgIpc) is 1.59. The molecule has 9 aliphatic heterocycles. The Morgan fingerprint density at radius 1 is 0.281 bits per heavy atom. The number of hydrogen-bond acceptors (Lipinski definition) is 12. The third-order valence-electron chi connectivity index (χ3n) is 31.3. The topological polar surface area (TPSA) is 242 Å². The van der Waals surface area contributed by atoms with Crippen LogP contribution in [0.15, 0.2) is 238 Å². The SMILES string of the molecule is CC1(C)C2=Nc3c1ccc1c3N=C(c3ccc([n-]3)C(C)(C)c3ccc2[n-]3)C1(C)C.CC1(C)c2cccc(c2O)[N+](C)(C)c2nc3c4nc(n(-c5ccccc5)c4ccc3n2-c2ccccc2)[N+](C)(C)c2cccc1c2O.CC1(C)c2nc3c1ccc1c3nc(c3ccc([n-]3)c3ccc2[n-]3)C1(C)C.CN1C2=Nc3c(ccc4c3N=C(N(C)c3ccc([n-]3)C(C)(C)c3ccc1[n-]3)C4(C)C)C2(C)C.[Pt+2].[Pt+2].[Pt+2].[Pt]. The summed E-state index contributed by atoms with van der Waals surface area (Å²) in [4.78, 5) is 75.7. The number of hydrogen-bond donors (Lipinski definition) is 2. The first-order valence-corrected chi connectivity index (χ1v) is 46.7. The van der Waals surface area contributed by atoms with E-state index < -0.39 is 5.41 Å². The fourth-order valence-corrected chi connectivity index (χ4v) is 22.8. The van der Waals surface area contributed by atoms with Crippen molar-refractivity contribution in [2.75, 3.05) is 52.1 Å². The number of aromatic hydroxyl groups is 2. The first-order valence-electron chi connectivity index (χ1n) is 46.7. The molecule has 8 aromatic carbocycles. The summed E-state index contributed by atoms with van der Waals surface area (Å²) in [5.41, 5.74) is 32.4. The van der Waals surface area contributed by atoms with Crippen molar-refractivity contribution < 1.29 is 94.5 Å². The van der Waals surface area contributed by atoms with Crippen LogP contribution in [0.25, 0.3) is 66.5 Å². The number of nitrogens with zero attached hydrogens (tertiary/aromatic N) is 20. The molecule has 0 saturated heterocycles. The van der Waals surface area contributed by atoms with E-state index in [0.29, 0.717) is 22.5 Å². The van der Waals surface area contributed by atoms with Crippen LogP contribution in [0.1, 0.15) is 215 Å². The Morgan fingerprint density at radius 3 is 0.986 bits per heavy atom. The Kier molecular flexibility index (Phi) is 22.2. The van der Waals surface area contributed by atoms with Gasteiger partial charge in [0.25, 0.3) is 0 Å². The molecule has 22 nitrogen and oxygen atoms in total. The van der Waals surface area contributed by atoms with Gasteiger partial charge < -0.3 is 49.9 Å². The van der Waals surface area contributed by atoms with Gasteiger partial charge in [0.05, 0.1) is 84.4 Å². The van der Waals surface area contributed by atoms with Crippen LogP contribution in [-0.2, 0) is 133 Å². The zero-order chi connectivity index (χ0) is 94.6. The number of phenolic OH excluding ortho intramolecular Hbond substituents is 2. The van der Waals surface area contributed by atoms with Gasteiger partial charge in [-0.3, -0.25) is 29.9 Å². The van der Waals surface area contributed by atoms with E-state index >= 15 is 0 Å². The molecule has 2 N–H and O–H groups in total. The normalized spacial score (nSPS) is 18.2. The summed E-state index contributed by atoms with van der Waals surface area (Å²) in [6.45, 7) is 39.7. The molecule has 18 heterocycles. The molecule has 712 valence electrons. The van der Waals surface area contributed by atoms with Crippen LogP contribution in [0, 0.1) is 0 Å². The minimum absolute atomic E-state index is 0. The molecule has 0 saturated carbocycles. The number of aliphatic imine (C=N–C) groups is 4. The molecule has 9 aliphatic rings. The number of benzene rings is 8. The second-order valence-corrected chi connectivity index (χ2v) is 43.5. The van der Waals surface area contributed by atoms with Gasteiger partial charge in [0.1, 0.15) is 11.0 Å². The van der Waals surface area contributed by atoms with Gasteiger partial charge >= 0.3 is 75.1 Å². The summed E-state index contributed by atoms with van der Waals surface area (Å²) in [6, 6.07) is 74.9. The first-order chi connectivity index (χ1) is 63.9. The molecular weight excluding hydrogens is 2450 g/mol. The van der Waals surface area contributed by atoms with Crippen molar-refractivity contribution >= 4 is 136 Å². The maximum absolute atomic E-state index is 12.2. The minimum Gasteiger partial charge on any atom is -0.659 e. The van der Waals surface area contributed by atoms with E-state index in [1.165, 1.54) is 33.4 Å². The zero-order valence-corrected chi connectivity index (χ0v) is 91.5.